The van der Waals surface area contributed by atoms with Gasteiger partial charge < -0.3 is 13.3 Å². The maximum Gasteiger partial charge on any atom is 0.164 e. The van der Waals surface area contributed by atoms with Crippen molar-refractivity contribution in [2.75, 3.05) is 0 Å². The van der Waals surface area contributed by atoms with Crippen LogP contribution in [0.4, 0.5) is 0 Å². The molecule has 294 valence electrons. The first-order chi connectivity index (χ1) is 30.7. The fraction of sp³-hybridized carbons (Fsp3) is 0.0536. The lowest BCUT2D eigenvalue weighted by Crippen LogP contribution is -2.01. The van der Waals surface area contributed by atoms with Gasteiger partial charge in [0.2, 0.25) is 0 Å². The molecule has 0 N–H and O–H groups in total. The normalized spacial score (nSPS) is 12.9. The van der Waals surface area contributed by atoms with Crippen LogP contribution >= 0.6 is 0 Å². The molecule has 1 aliphatic carbocycles. The van der Waals surface area contributed by atoms with Crippen LogP contribution in [-0.4, -0.2) is 15.0 Å². The number of fused-ring (bicyclic) bond motifs is 8. The Kier molecular flexibility index (Phi) is 8.42. The molecule has 4 heterocycles. The third kappa shape index (κ3) is 5.99. The Morgan fingerprint density at radius 3 is 2.08 bits per heavy atom. The number of hydrogen-bond acceptors (Lipinski definition) is 6. The minimum absolute atomic E-state index is 0.558. The van der Waals surface area contributed by atoms with Crippen molar-refractivity contribution in [3.8, 4) is 45.3 Å². The van der Waals surface area contributed by atoms with Crippen LogP contribution in [0.3, 0.4) is 0 Å². The lowest BCUT2D eigenvalue weighted by Gasteiger charge is -2.13. The molecular formula is C56H37N3O3. The summed E-state index contributed by atoms with van der Waals surface area (Å²) in [6.45, 7) is 2.04. The third-order valence-electron chi connectivity index (χ3n) is 12.0. The van der Waals surface area contributed by atoms with Gasteiger partial charge in [0.1, 0.15) is 33.9 Å². The summed E-state index contributed by atoms with van der Waals surface area (Å²) in [6, 6.07) is 50.0. The van der Waals surface area contributed by atoms with Crippen molar-refractivity contribution in [1.29, 1.82) is 0 Å². The second kappa shape index (κ2) is 14.6. The Balaban J connectivity index is 1.02. The van der Waals surface area contributed by atoms with Gasteiger partial charge in [-0.1, -0.05) is 127 Å². The van der Waals surface area contributed by atoms with Crippen molar-refractivity contribution in [2.24, 2.45) is 0 Å². The average Bonchev–Trinajstić information content (AvgIpc) is 4.01. The van der Waals surface area contributed by atoms with Gasteiger partial charge in [-0.15, -0.1) is 0 Å². The van der Waals surface area contributed by atoms with E-state index in [4.69, 9.17) is 28.2 Å². The Labute approximate surface area is 356 Å². The summed E-state index contributed by atoms with van der Waals surface area (Å²) in [5, 5.41) is 6.17. The van der Waals surface area contributed by atoms with Crippen molar-refractivity contribution in [3.63, 3.8) is 0 Å². The van der Waals surface area contributed by atoms with E-state index >= 15 is 0 Å². The number of aryl methyl sites for hydroxylation is 1. The number of nitrogens with zero attached hydrogens (tertiary/aromatic N) is 3. The Morgan fingerprint density at radius 2 is 1.21 bits per heavy atom. The lowest BCUT2D eigenvalue weighted by molar-refractivity contribution is 0.499. The van der Waals surface area contributed by atoms with Crippen LogP contribution in [0.15, 0.2) is 171 Å². The molecule has 7 aromatic carbocycles. The predicted octanol–water partition coefficient (Wildman–Crippen LogP) is 15.2. The van der Waals surface area contributed by atoms with Gasteiger partial charge in [0.05, 0.1) is 0 Å². The second-order valence-corrected chi connectivity index (χ2v) is 15.7. The molecule has 62 heavy (non-hydrogen) atoms. The molecule has 0 saturated carbocycles. The molecule has 4 aromatic heterocycles. The Hall–Kier alpha value is -8.09. The maximum atomic E-state index is 6.60. The molecule has 11 aromatic rings. The van der Waals surface area contributed by atoms with E-state index in [1.54, 1.807) is 0 Å². The van der Waals surface area contributed by atoms with E-state index in [1.807, 2.05) is 55.5 Å². The van der Waals surface area contributed by atoms with Gasteiger partial charge in [0.25, 0.3) is 0 Å². The molecule has 6 heteroatoms. The number of rotatable bonds is 7. The maximum absolute atomic E-state index is 6.60. The third-order valence-corrected chi connectivity index (χ3v) is 12.0. The molecule has 12 rings (SSSR count). The molecule has 0 atom stereocenters. The first-order valence-electron chi connectivity index (χ1n) is 21.0. The summed E-state index contributed by atoms with van der Waals surface area (Å²) in [7, 11) is 0. The second-order valence-electron chi connectivity index (χ2n) is 15.7. The summed E-state index contributed by atoms with van der Waals surface area (Å²) in [6.07, 6.45) is 14.6. The lowest BCUT2D eigenvalue weighted by atomic mass is 9.94. The number of furan rings is 3. The van der Waals surface area contributed by atoms with E-state index in [-0.39, 0.29) is 0 Å². The molecule has 0 saturated heterocycles. The van der Waals surface area contributed by atoms with Crippen molar-refractivity contribution in [1.82, 2.24) is 15.0 Å². The minimum Gasteiger partial charge on any atom is -0.460 e. The van der Waals surface area contributed by atoms with E-state index < -0.39 is 0 Å². The van der Waals surface area contributed by atoms with Gasteiger partial charge in [-0.2, -0.15) is 0 Å². The van der Waals surface area contributed by atoms with Crippen LogP contribution in [0.25, 0.3) is 124 Å². The molecule has 1 aliphatic rings. The van der Waals surface area contributed by atoms with Crippen LogP contribution in [0.2, 0.25) is 0 Å². The summed E-state index contributed by atoms with van der Waals surface area (Å²) in [4.78, 5) is 15.8. The van der Waals surface area contributed by atoms with Gasteiger partial charge in [0, 0.05) is 55.8 Å². The monoisotopic (exact) mass is 799 g/mol. The molecule has 0 bridgehead atoms. The van der Waals surface area contributed by atoms with Crippen LogP contribution in [0.5, 0.6) is 0 Å². The van der Waals surface area contributed by atoms with Crippen molar-refractivity contribution in [3.05, 3.63) is 186 Å². The first kappa shape index (κ1) is 35.8. The fourth-order valence-corrected chi connectivity index (χ4v) is 9.05. The summed E-state index contributed by atoms with van der Waals surface area (Å²) in [5.41, 5.74) is 11.4. The summed E-state index contributed by atoms with van der Waals surface area (Å²) < 4.78 is 19.1. The number of benzene rings is 7. The zero-order chi connectivity index (χ0) is 41.1. The number of hydrogen-bond donors (Lipinski definition) is 0. The summed E-state index contributed by atoms with van der Waals surface area (Å²) in [5.74, 6) is 3.61. The van der Waals surface area contributed by atoms with Gasteiger partial charge in [-0.25, -0.2) is 15.0 Å². The van der Waals surface area contributed by atoms with Crippen molar-refractivity contribution in [2.45, 2.75) is 19.8 Å². The highest BCUT2D eigenvalue weighted by Gasteiger charge is 2.21. The molecule has 6 nitrogen and oxygen atoms in total. The van der Waals surface area contributed by atoms with Crippen LogP contribution < -0.4 is 0 Å². The molecule has 0 amide bonds. The van der Waals surface area contributed by atoms with Crippen molar-refractivity contribution < 1.29 is 13.3 Å². The first-order valence-corrected chi connectivity index (χ1v) is 21.0. The number of allylic oxidation sites excluding steroid dienone is 2. The van der Waals surface area contributed by atoms with Crippen LogP contribution in [0, 0.1) is 0 Å². The van der Waals surface area contributed by atoms with Gasteiger partial charge >= 0.3 is 0 Å². The highest BCUT2D eigenvalue weighted by Crippen LogP contribution is 2.40. The SMILES string of the molecule is C/C=C\c1c(/C=C/c2ccc3c(c2)oc2cccc(-c4nc(-c5ccc6oc7ccccc7c6c5)nc(-c5ccc(-c6ccccc6)c6ccccc56)n4)c23)oc2c1C=CCC2. The molecule has 0 fully saturated rings. The van der Waals surface area contributed by atoms with Crippen LogP contribution in [0.1, 0.15) is 41.6 Å². The highest BCUT2D eigenvalue weighted by molar-refractivity contribution is 6.12. The number of para-hydroxylation sites is 1. The largest absolute Gasteiger partial charge is 0.460 e. The predicted molar refractivity (Wildman–Crippen MR) is 253 cm³/mol. The average molecular weight is 800 g/mol. The van der Waals surface area contributed by atoms with Crippen LogP contribution in [-0.2, 0) is 6.42 Å². The Bertz CT molecular complexity index is 3660. The molecule has 0 aliphatic heterocycles. The molecular weight excluding hydrogens is 763 g/mol. The van der Waals surface area contributed by atoms with E-state index in [1.165, 1.54) is 5.56 Å². The van der Waals surface area contributed by atoms with Gasteiger partial charge in [-0.05, 0) is 95.4 Å². The zero-order valence-corrected chi connectivity index (χ0v) is 33.8. The standard InChI is InChI=1S/C56H37N3O3/c1-2-13-40-41-18-8-10-21-47(41)60-49(40)30-25-34-24-27-44-52(32-34)62-51-23-12-20-45(53(44)51)56-58-54(36-26-31-50-46(33-36)42-19-9-11-22-48(42)61-50)57-55(59-56)43-29-28-37(35-14-4-3-5-15-35)38-16-6-7-17-39(38)43/h2-9,11-20,22-33H,10,21H2,1H3/b13-2-,30-25+. The molecule has 0 spiro atoms. The topological polar surface area (TPSA) is 78.1 Å². The van der Waals surface area contributed by atoms with Gasteiger partial charge in [0.15, 0.2) is 17.5 Å². The number of aromatic nitrogens is 3. The smallest absolute Gasteiger partial charge is 0.164 e. The van der Waals surface area contributed by atoms with Gasteiger partial charge in [-0.3, -0.25) is 0 Å². The van der Waals surface area contributed by atoms with Crippen molar-refractivity contribution >= 4 is 79.0 Å². The van der Waals surface area contributed by atoms with E-state index in [2.05, 4.69) is 134 Å². The zero-order valence-electron chi connectivity index (χ0n) is 33.8. The summed E-state index contributed by atoms with van der Waals surface area (Å²) >= 11 is 0. The fourth-order valence-electron chi connectivity index (χ4n) is 9.05. The quantitative estimate of drug-likeness (QED) is 0.160. The highest BCUT2D eigenvalue weighted by atomic mass is 16.3. The minimum atomic E-state index is 0.558. The Morgan fingerprint density at radius 1 is 0.484 bits per heavy atom. The van der Waals surface area contributed by atoms with E-state index in [0.29, 0.717) is 17.5 Å². The molecule has 0 unspecified atom stereocenters. The molecule has 0 radical (unpaired) electrons. The van der Waals surface area contributed by atoms with E-state index in [0.717, 1.165) is 118 Å². The van der Waals surface area contributed by atoms with E-state index in [9.17, 15) is 0 Å².